The van der Waals surface area contributed by atoms with E-state index in [-0.39, 0.29) is 5.91 Å². The molecular formula is C16H26N2OS. The molecule has 0 aliphatic carbocycles. The first-order valence-electron chi connectivity index (χ1n) is 7.43. The van der Waals surface area contributed by atoms with Crippen LogP contribution in [0.4, 0.5) is 5.69 Å². The molecular weight excluding hydrogens is 268 g/mol. The smallest absolute Gasteiger partial charge is 0.232 e. The van der Waals surface area contributed by atoms with E-state index in [1.807, 2.05) is 29.2 Å². The van der Waals surface area contributed by atoms with Crippen molar-refractivity contribution < 1.29 is 4.79 Å². The van der Waals surface area contributed by atoms with Gasteiger partial charge in [0.2, 0.25) is 5.91 Å². The van der Waals surface area contributed by atoms with E-state index in [4.69, 9.17) is 5.73 Å². The van der Waals surface area contributed by atoms with Crippen LogP contribution in [0.5, 0.6) is 0 Å². The predicted octanol–water partition coefficient (Wildman–Crippen LogP) is 3.79. The maximum atomic E-state index is 12.3. The highest BCUT2D eigenvalue weighted by atomic mass is 32.2. The monoisotopic (exact) mass is 294 g/mol. The maximum absolute atomic E-state index is 12.3. The highest BCUT2D eigenvalue weighted by molar-refractivity contribution is 8.00. The molecule has 1 aromatic rings. The van der Waals surface area contributed by atoms with Crippen LogP contribution in [0.1, 0.15) is 39.5 Å². The molecule has 3 nitrogen and oxygen atoms in total. The van der Waals surface area contributed by atoms with Crippen LogP contribution in [0.3, 0.4) is 0 Å². The lowest BCUT2D eigenvalue weighted by atomic mass is 10.2. The van der Waals surface area contributed by atoms with Crippen molar-refractivity contribution in [2.75, 3.05) is 24.6 Å². The maximum Gasteiger partial charge on any atom is 0.232 e. The number of nitrogen functional groups attached to an aromatic ring is 1. The molecule has 112 valence electrons. The molecule has 0 aliphatic rings. The fourth-order valence-corrected chi connectivity index (χ4v) is 2.77. The standard InChI is InChI=1S/C16H26N2OS/c1-3-5-10-18(11-6-4-2)16(19)13-20-15-9-7-8-14(17)12-15/h7-9,12H,3-6,10-11,13,17H2,1-2H3. The van der Waals surface area contributed by atoms with Gasteiger partial charge in [0.05, 0.1) is 5.75 Å². The summed E-state index contributed by atoms with van der Waals surface area (Å²) >= 11 is 1.57. The van der Waals surface area contributed by atoms with Gasteiger partial charge < -0.3 is 10.6 Å². The van der Waals surface area contributed by atoms with Crippen molar-refractivity contribution >= 4 is 23.4 Å². The Morgan fingerprint density at radius 1 is 1.20 bits per heavy atom. The summed E-state index contributed by atoms with van der Waals surface area (Å²) in [6.07, 6.45) is 4.41. The minimum absolute atomic E-state index is 0.235. The van der Waals surface area contributed by atoms with E-state index in [1.54, 1.807) is 11.8 Å². The van der Waals surface area contributed by atoms with Crippen LogP contribution in [0.15, 0.2) is 29.2 Å². The third kappa shape index (κ3) is 6.33. The summed E-state index contributed by atoms with van der Waals surface area (Å²) in [7, 11) is 0. The quantitative estimate of drug-likeness (QED) is 0.557. The van der Waals surface area contributed by atoms with Crippen molar-refractivity contribution in [2.24, 2.45) is 0 Å². The Bertz CT molecular complexity index is 401. The van der Waals surface area contributed by atoms with Crippen LogP contribution >= 0.6 is 11.8 Å². The summed E-state index contributed by atoms with van der Waals surface area (Å²) < 4.78 is 0. The molecule has 1 aromatic carbocycles. The van der Waals surface area contributed by atoms with Gasteiger partial charge in [-0.05, 0) is 31.0 Å². The van der Waals surface area contributed by atoms with Crippen molar-refractivity contribution in [2.45, 2.75) is 44.4 Å². The van der Waals surface area contributed by atoms with Crippen molar-refractivity contribution in [3.05, 3.63) is 24.3 Å². The molecule has 0 heterocycles. The average Bonchev–Trinajstić information content (AvgIpc) is 2.45. The number of amides is 1. The van der Waals surface area contributed by atoms with Crippen molar-refractivity contribution in [3.8, 4) is 0 Å². The van der Waals surface area contributed by atoms with Crippen LogP contribution < -0.4 is 5.73 Å². The Hall–Kier alpha value is -1.16. The van der Waals surface area contributed by atoms with E-state index in [1.165, 1.54) is 0 Å². The summed E-state index contributed by atoms with van der Waals surface area (Å²) in [5, 5.41) is 0. The number of nitrogens with zero attached hydrogens (tertiary/aromatic N) is 1. The second kappa shape index (κ2) is 9.70. The molecule has 0 fully saturated rings. The highest BCUT2D eigenvalue weighted by Gasteiger charge is 2.12. The largest absolute Gasteiger partial charge is 0.399 e. The molecule has 20 heavy (non-hydrogen) atoms. The number of hydrogen-bond donors (Lipinski definition) is 1. The van der Waals surface area contributed by atoms with Gasteiger partial charge in [-0.1, -0.05) is 32.8 Å². The van der Waals surface area contributed by atoms with Crippen LogP contribution in [0, 0.1) is 0 Å². The number of carbonyl (C=O) groups is 1. The first-order chi connectivity index (χ1) is 9.67. The van der Waals surface area contributed by atoms with Crippen molar-refractivity contribution in [1.29, 1.82) is 0 Å². The summed E-state index contributed by atoms with van der Waals surface area (Å²) in [4.78, 5) is 15.4. The molecule has 1 rings (SSSR count). The molecule has 0 saturated heterocycles. The fraction of sp³-hybridized carbons (Fsp3) is 0.562. The number of anilines is 1. The minimum Gasteiger partial charge on any atom is -0.399 e. The second-order valence-electron chi connectivity index (χ2n) is 4.95. The number of benzene rings is 1. The number of rotatable bonds is 9. The number of nitrogens with two attached hydrogens (primary N) is 1. The van der Waals surface area contributed by atoms with Gasteiger partial charge in [-0.2, -0.15) is 0 Å². The van der Waals surface area contributed by atoms with Crippen LogP contribution in [0.25, 0.3) is 0 Å². The number of unbranched alkanes of at least 4 members (excludes halogenated alkanes) is 2. The molecule has 0 unspecified atom stereocenters. The molecule has 0 spiro atoms. The van der Waals surface area contributed by atoms with E-state index in [0.717, 1.165) is 49.4 Å². The molecule has 1 amide bonds. The Balaban J connectivity index is 2.47. The Morgan fingerprint density at radius 3 is 2.40 bits per heavy atom. The predicted molar refractivity (Wildman–Crippen MR) is 88.0 cm³/mol. The third-order valence-corrected chi connectivity index (χ3v) is 4.11. The van der Waals surface area contributed by atoms with E-state index in [0.29, 0.717) is 5.75 Å². The van der Waals surface area contributed by atoms with Gasteiger partial charge in [-0.25, -0.2) is 0 Å². The van der Waals surface area contributed by atoms with Crippen LogP contribution in [-0.4, -0.2) is 29.6 Å². The highest BCUT2D eigenvalue weighted by Crippen LogP contribution is 2.20. The van der Waals surface area contributed by atoms with Crippen LogP contribution in [0.2, 0.25) is 0 Å². The fourth-order valence-electron chi connectivity index (χ4n) is 1.90. The van der Waals surface area contributed by atoms with Gasteiger partial charge in [-0.15, -0.1) is 11.8 Å². The van der Waals surface area contributed by atoms with Crippen molar-refractivity contribution in [3.63, 3.8) is 0 Å². The molecule has 4 heteroatoms. The molecule has 2 N–H and O–H groups in total. The van der Waals surface area contributed by atoms with Crippen molar-refractivity contribution in [1.82, 2.24) is 4.90 Å². The Morgan fingerprint density at radius 2 is 1.85 bits per heavy atom. The summed E-state index contributed by atoms with van der Waals surface area (Å²) in [6.45, 7) is 6.08. The molecule has 0 saturated carbocycles. The molecule has 0 bridgehead atoms. The molecule has 0 radical (unpaired) electrons. The number of carbonyl (C=O) groups excluding carboxylic acids is 1. The summed E-state index contributed by atoms with van der Waals surface area (Å²) in [5.74, 6) is 0.732. The zero-order chi connectivity index (χ0) is 14.8. The third-order valence-electron chi connectivity index (χ3n) is 3.14. The summed E-state index contributed by atoms with van der Waals surface area (Å²) in [5.41, 5.74) is 6.49. The van der Waals surface area contributed by atoms with E-state index in [2.05, 4.69) is 13.8 Å². The number of thioether (sulfide) groups is 1. The van der Waals surface area contributed by atoms with Gasteiger partial charge in [-0.3, -0.25) is 4.79 Å². The zero-order valence-electron chi connectivity index (χ0n) is 12.6. The molecule has 0 aromatic heterocycles. The van der Waals surface area contributed by atoms with Gasteiger partial charge in [0.1, 0.15) is 0 Å². The topological polar surface area (TPSA) is 46.3 Å². The Labute approximate surface area is 126 Å². The first kappa shape index (κ1) is 16.9. The van der Waals surface area contributed by atoms with Gasteiger partial charge >= 0.3 is 0 Å². The SMILES string of the molecule is CCCCN(CCCC)C(=O)CSc1cccc(N)c1. The summed E-state index contributed by atoms with van der Waals surface area (Å²) in [6, 6.07) is 7.70. The lowest BCUT2D eigenvalue weighted by Crippen LogP contribution is -2.34. The minimum atomic E-state index is 0.235. The van der Waals surface area contributed by atoms with Gasteiger partial charge in [0, 0.05) is 23.7 Å². The first-order valence-corrected chi connectivity index (χ1v) is 8.42. The van der Waals surface area contributed by atoms with Crippen LogP contribution in [-0.2, 0) is 4.79 Å². The lowest BCUT2D eigenvalue weighted by Gasteiger charge is -2.22. The Kier molecular flexibility index (Phi) is 8.19. The van der Waals surface area contributed by atoms with E-state index < -0.39 is 0 Å². The lowest BCUT2D eigenvalue weighted by molar-refractivity contribution is -0.128. The van der Waals surface area contributed by atoms with Gasteiger partial charge in [0.15, 0.2) is 0 Å². The van der Waals surface area contributed by atoms with Gasteiger partial charge in [0.25, 0.3) is 0 Å². The average molecular weight is 294 g/mol. The van der Waals surface area contributed by atoms with E-state index >= 15 is 0 Å². The molecule has 0 aliphatic heterocycles. The van der Waals surface area contributed by atoms with E-state index in [9.17, 15) is 4.79 Å². The number of hydrogen-bond acceptors (Lipinski definition) is 3. The normalized spacial score (nSPS) is 10.5. The zero-order valence-corrected chi connectivity index (χ0v) is 13.4. The second-order valence-corrected chi connectivity index (χ2v) is 6.00. The molecule has 0 atom stereocenters.